The van der Waals surface area contributed by atoms with E-state index in [0.717, 1.165) is 16.8 Å². The van der Waals surface area contributed by atoms with Gasteiger partial charge in [0.1, 0.15) is 10.8 Å². The van der Waals surface area contributed by atoms with Crippen LogP contribution < -0.4 is 5.32 Å². The first-order chi connectivity index (χ1) is 15.6. The van der Waals surface area contributed by atoms with Crippen molar-refractivity contribution >= 4 is 45.4 Å². The fraction of sp³-hybridized carbons (Fsp3) is 0.136. The lowest BCUT2D eigenvalue weighted by molar-refractivity contribution is -0.116. The predicted molar refractivity (Wildman–Crippen MR) is 125 cm³/mol. The average molecular weight is 482 g/mol. The maximum atomic E-state index is 13.0. The van der Waals surface area contributed by atoms with E-state index >= 15 is 0 Å². The number of carbonyl (C=O) groups excluding carboxylic acids is 1. The van der Waals surface area contributed by atoms with Gasteiger partial charge in [-0.15, -0.1) is 21.5 Å². The number of nitrogens with one attached hydrogen (secondary N) is 1. The SMILES string of the molecule is N#CC(C(=O)CSc1nnc(NCc2ccc(F)cc2)s1)c1nc(-c2ccccc2)cs1. The summed E-state index contributed by atoms with van der Waals surface area (Å²) >= 11 is 3.88. The van der Waals surface area contributed by atoms with Crippen LogP contribution in [-0.2, 0) is 11.3 Å². The van der Waals surface area contributed by atoms with Gasteiger partial charge in [-0.25, -0.2) is 9.37 Å². The van der Waals surface area contributed by atoms with Crippen molar-refractivity contribution in [2.75, 3.05) is 11.1 Å². The minimum absolute atomic E-state index is 0.102. The van der Waals surface area contributed by atoms with Crippen molar-refractivity contribution in [1.29, 1.82) is 5.26 Å². The van der Waals surface area contributed by atoms with E-state index in [-0.39, 0.29) is 17.4 Å². The number of ketones is 1. The van der Waals surface area contributed by atoms with Gasteiger partial charge in [-0.1, -0.05) is 65.6 Å². The number of thiazole rings is 1. The fourth-order valence-electron chi connectivity index (χ4n) is 2.76. The minimum Gasteiger partial charge on any atom is -0.356 e. The molecule has 0 aliphatic heterocycles. The third kappa shape index (κ3) is 5.56. The number of benzene rings is 2. The molecule has 6 nitrogen and oxygen atoms in total. The van der Waals surface area contributed by atoms with Gasteiger partial charge in [0.2, 0.25) is 5.13 Å². The molecule has 0 aliphatic carbocycles. The van der Waals surface area contributed by atoms with Gasteiger partial charge in [-0.05, 0) is 17.7 Å². The summed E-state index contributed by atoms with van der Waals surface area (Å²) in [6.45, 7) is 0.489. The van der Waals surface area contributed by atoms with E-state index in [9.17, 15) is 14.4 Å². The normalized spacial score (nSPS) is 11.6. The number of Topliss-reactive ketones (excluding diaryl/α,β-unsaturated/α-hetero) is 1. The van der Waals surface area contributed by atoms with Crippen molar-refractivity contribution in [3.63, 3.8) is 0 Å². The second-order valence-electron chi connectivity index (χ2n) is 6.61. The molecule has 0 fully saturated rings. The second kappa shape index (κ2) is 10.5. The summed E-state index contributed by atoms with van der Waals surface area (Å²) in [6.07, 6.45) is 0. The smallest absolute Gasteiger partial charge is 0.206 e. The lowest BCUT2D eigenvalue weighted by Crippen LogP contribution is -2.13. The van der Waals surface area contributed by atoms with Crippen LogP contribution in [0.4, 0.5) is 9.52 Å². The molecule has 0 radical (unpaired) electrons. The first-order valence-corrected chi connectivity index (χ1v) is 12.2. The Bertz CT molecular complexity index is 1230. The molecule has 2 aromatic carbocycles. The Kier molecular flexibility index (Phi) is 7.21. The Balaban J connectivity index is 1.32. The molecule has 32 heavy (non-hydrogen) atoms. The molecule has 1 atom stereocenters. The van der Waals surface area contributed by atoms with E-state index in [2.05, 4.69) is 26.6 Å². The number of carbonyl (C=O) groups is 1. The number of thioether (sulfide) groups is 1. The quantitative estimate of drug-likeness (QED) is 0.321. The van der Waals surface area contributed by atoms with Crippen LogP contribution in [0, 0.1) is 17.1 Å². The second-order valence-corrected chi connectivity index (χ2v) is 9.70. The number of nitrogens with zero attached hydrogens (tertiary/aromatic N) is 4. The Morgan fingerprint density at radius 3 is 2.69 bits per heavy atom. The minimum atomic E-state index is -0.908. The van der Waals surface area contributed by atoms with Crippen molar-refractivity contribution in [2.45, 2.75) is 16.8 Å². The molecule has 1 unspecified atom stereocenters. The standard InChI is InChI=1S/C22H16FN5OS3/c23-16-8-6-14(7-9-16)11-25-21-27-28-22(32-21)31-13-19(29)17(10-24)20-26-18(12-30-20)15-4-2-1-3-5-15/h1-9,12,17H,11,13H2,(H,25,27). The number of hydrogen-bond acceptors (Lipinski definition) is 9. The van der Waals surface area contributed by atoms with Gasteiger partial charge >= 0.3 is 0 Å². The third-order valence-corrected chi connectivity index (χ3v) is 7.34. The van der Waals surface area contributed by atoms with Crippen molar-refractivity contribution in [1.82, 2.24) is 15.2 Å². The van der Waals surface area contributed by atoms with Crippen molar-refractivity contribution in [3.8, 4) is 17.3 Å². The number of hydrogen-bond donors (Lipinski definition) is 1. The first-order valence-electron chi connectivity index (χ1n) is 9.50. The zero-order valence-corrected chi connectivity index (χ0v) is 19.0. The molecule has 2 aromatic heterocycles. The molecule has 10 heteroatoms. The highest BCUT2D eigenvalue weighted by Gasteiger charge is 2.24. The molecule has 0 saturated carbocycles. The highest BCUT2D eigenvalue weighted by atomic mass is 32.2. The molecule has 1 N–H and O–H groups in total. The summed E-state index contributed by atoms with van der Waals surface area (Å²) < 4.78 is 13.6. The van der Waals surface area contributed by atoms with Crippen LogP contribution in [0.25, 0.3) is 11.3 Å². The maximum Gasteiger partial charge on any atom is 0.206 e. The molecule has 0 spiro atoms. The Hall–Kier alpha value is -3.13. The molecular formula is C22H16FN5OS3. The third-order valence-electron chi connectivity index (χ3n) is 4.39. The molecule has 2 heterocycles. The largest absolute Gasteiger partial charge is 0.356 e. The summed E-state index contributed by atoms with van der Waals surface area (Å²) in [4.78, 5) is 17.2. The molecule has 4 rings (SSSR count). The Morgan fingerprint density at radius 2 is 1.94 bits per heavy atom. The number of anilines is 1. The lowest BCUT2D eigenvalue weighted by Gasteiger charge is -2.03. The predicted octanol–water partition coefficient (Wildman–Crippen LogP) is 5.38. The van der Waals surface area contributed by atoms with Crippen molar-refractivity contribution in [2.24, 2.45) is 0 Å². The zero-order valence-electron chi connectivity index (χ0n) is 16.6. The van der Waals surface area contributed by atoms with Crippen LogP contribution >= 0.6 is 34.4 Å². The average Bonchev–Trinajstić information content (AvgIpc) is 3.48. The van der Waals surface area contributed by atoms with Crippen LogP contribution in [0.2, 0.25) is 0 Å². The Labute approximate surface area is 196 Å². The lowest BCUT2D eigenvalue weighted by atomic mass is 10.1. The van der Waals surface area contributed by atoms with Gasteiger partial charge in [-0.3, -0.25) is 4.79 Å². The van der Waals surface area contributed by atoms with Crippen molar-refractivity contribution < 1.29 is 9.18 Å². The van der Waals surface area contributed by atoms with Crippen LogP contribution in [0.1, 0.15) is 16.5 Å². The molecule has 0 amide bonds. The van der Waals surface area contributed by atoms with Gasteiger partial charge < -0.3 is 5.32 Å². The maximum absolute atomic E-state index is 13.0. The van der Waals surface area contributed by atoms with Gasteiger partial charge in [0, 0.05) is 17.5 Å². The number of rotatable bonds is 9. The summed E-state index contributed by atoms with van der Waals surface area (Å²) in [7, 11) is 0. The van der Waals surface area contributed by atoms with Gasteiger partial charge in [0.05, 0.1) is 17.5 Å². The summed E-state index contributed by atoms with van der Waals surface area (Å²) in [5, 5.41) is 23.8. The summed E-state index contributed by atoms with van der Waals surface area (Å²) in [6, 6.07) is 17.9. The first kappa shape index (κ1) is 22.1. The van der Waals surface area contributed by atoms with Crippen LogP contribution in [0.5, 0.6) is 0 Å². The molecule has 4 aromatic rings. The van der Waals surface area contributed by atoms with Gasteiger partial charge in [0.15, 0.2) is 16.0 Å². The van der Waals surface area contributed by atoms with Crippen LogP contribution in [0.15, 0.2) is 64.3 Å². The zero-order chi connectivity index (χ0) is 22.3. The highest BCUT2D eigenvalue weighted by Crippen LogP contribution is 2.30. The van der Waals surface area contributed by atoms with E-state index in [1.54, 1.807) is 12.1 Å². The van der Waals surface area contributed by atoms with E-state index < -0.39 is 5.92 Å². The van der Waals surface area contributed by atoms with Gasteiger partial charge in [0.25, 0.3) is 0 Å². The molecule has 0 bridgehead atoms. The molecule has 0 saturated heterocycles. The van der Waals surface area contributed by atoms with Crippen LogP contribution in [-0.4, -0.2) is 26.7 Å². The molecule has 160 valence electrons. The number of halogens is 1. The highest BCUT2D eigenvalue weighted by molar-refractivity contribution is 8.01. The van der Waals surface area contributed by atoms with Crippen LogP contribution in [0.3, 0.4) is 0 Å². The topological polar surface area (TPSA) is 91.6 Å². The summed E-state index contributed by atoms with van der Waals surface area (Å²) in [5.74, 6) is -1.31. The van der Waals surface area contributed by atoms with Gasteiger partial charge in [-0.2, -0.15) is 5.26 Å². The van der Waals surface area contributed by atoms with E-state index in [1.165, 1.54) is 46.6 Å². The van der Waals surface area contributed by atoms with E-state index in [1.807, 2.05) is 35.7 Å². The fourth-order valence-corrected chi connectivity index (χ4v) is 5.31. The number of aromatic nitrogens is 3. The Morgan fingerprint density at radius 1 is 1.16 bits per heavy atom. The summed E-state index contributed by atoms with van der Waals surface area (Å²) in [5.41, 5.74) is 2.62. The van der Waals surface area contributed by atoms with E-state index in [0.29, 0.717) is 21.0 Å². The molecule has 0 aliphatic rings. The molecular weight excluding hydrogens is 465 g/mol. The van der Waals surface area contributed by atoms with E-state index in [4.69, 9.17) is 0 Å². The van der Waals surface area contributed by atoms with Crippen molar-refractivity contribution in [3.05, 3.63) is 76.4 Å². The number of nitriles is 1. The monoisotopic (exact) mass is 481 g/mol.